The number of aliphatic carboxylic acids is 1. The number of aliphatic hydroxyl groups excluding tert-OH is 1. The summed E-state index contributed by atoms with van der Waals surface area (Å²) < 4.78 is 50.4. The molecule has 2 aromatic carbocycles. The van der Waals surface area contributed by atoms with Crippen LogP contribution in [0.25, 0.3) is 0 Å². The lowest BCUT2D eigenvalue weighted by Crippen LogP contribution is -2.39. The molecular weight excluding hydrogens is 708 g/mol. The highest BCUT2D eigenvalue weighted by Gasteiger charge is 2.36. The van der Waals surface area contributed by atoms with E-state index in [9.17, 15) is 43.2 Å². The van der Waals surface area contributed by atoms with Crippen molar-refractivity contribution < 1.29 is 66.6 Å². The van der Waals surface area contributed by atoms with E-state index in [1.54, 1.807) is 48.5 Å². The molecule has 0 saturated carbocycles. The molecule has 3 unspecified atom stereocenters. The summed E-state index contributed by atoms with van der Waals surface area (Å²) in [6, 6.07) is 15.0. The number of nitrogens with zero attached hydrogens (tertiary/aromatic N) is 2. The van der Waals surface area contributed by atoms with E-state index >= 15 is 0 Å². The van der Waals surface area contributed by atoms with Gasteiger partial charge in [-0.2, -0.15) is 4.98 Å². The van der Waals surface area contributed by atoms with E-state index in [1.165, 1.54) is 12.1 Å². The van der Waals surface area contributed by atoms with Crippen molar-refractivity contribution in [2.75, 3.05) is 23.4 Å². The number of aliphatic hydroxyl groups is 1. The number of nitrogens with two attached hydrogens (primary N) is 1. The fourth-order valence-corrected chi connectivity index (χ4v) is 6.48. The summed E-state index contributed by atoms with van der Waals surface area (Å²) in [7, 11) is -10.2. The number of hydrogen-bond acceptors (Lipinski definition) is 14. The van der Waals surface area contributed by atoms with Crippen molar-refractivity contribution in [3.8, 4) is 5.75 Å². The summed E-state index contributed by atoms with van der Waals surface area (Å²) in [5.74, 6) is -1.54. The van der Waals surface area contributed by atoms with E-state index in [0.29, 0.717) is 10.3 Å². The Morgan fingerprint density at radius 2 is 1.64 bits per heavy atom. The number of hydrogen-bond donors (Lipinski definition) is 7. The smallest absolute Gasteiger partial charge is 0.480 e. The molecule has 3 rings (SSSR count). The molecule has 0 fully saturated rings. The zero-order chi connectivity index (χ0) is 36.9. The highest BCUT2D eigenvalue weighted by atomic mass is 31.3. The van der Waals surface area contributed by atoms with Gasteiger partial charge in [0.15, 0.2) is 0 Å². The summed E-state index contributed by atoms with van der Waals surface area (Å²) >= 11 is 0. The molecule has 50 heavy (non-hydrogen) atoms. The number of ether oxygens (including phenoxy) is 3. The number of aromatic nitrogens is 2. The van der Waals surface area contributed by atoms with Crippen LogP contribution in [0.3, 0.4) is 0 Å². The number of carboxylic acid groups (broad SMARTS) is 1. The van der Waals surface area contributed by atoms with Crippen molar-refractivity contribution in [3.05, 3.63) is 83.4 Å². The minimum absolute atomic E-state index is 0.0397. The first-order valence-electron chi connectivity index (χ1n) is 14.5. The minimum Gasteiger partial charge on any atom is -0.480 e. The standard InChI is InChI=1S/C28H35N5O15P2/c1-18(34)22(17-44-50(42,43)48-49(40,41)16-8-13-21(29)24(35)36)46-27(47-28(39)45-20-11-6-3-7-12-20)33-15-14-23(32-26(33)38)31-25(37)30-19-9-4-2-5-10-19/h2-7,9-12,14-15,18,21-22,27,34H,8,13,16-17,29H2,1H3,(H,35,36)(H,40,41)(H,42,43)(H2,30,31,32,37,38)/t18-,21?,22-,27-/m1/s1. The van der Waals surface area contributed by atoms with Gasteiger partial charge in [-0.1, -0.05) is 36.4 Å². The molecule has 8 N–H and O–H groups in total. The lowest BCUT2D eigenvalue weighted by atomic mass is 10.2. The van der Waals surface area contributed by atoms with Crippen LogP contribution < -0.4 is 26.8 Å². The highest BCUT2D eigenvalue weighted by Crippen LogP contribution is 2.60. The summed E-state index contributed by atoms with van der Waals surface area (Å²) in [5, 5.41) is 24.0. The van der Waals surface area contributed by atoms with E-state index in [4.69, 9.17) is 29.6 Å². The van der Waals surface area contributed by atoms with Gasteiger partial charge >= 0.3 is 39.3 Å². The van der Waals surface area contributed by atoms with Gasteiger partial charge < -0.3 is 45.3 Å². The SMILES string of the molecule is C[C@@H](O)[C@@H](COP(=O)(O)OP(=O)(O)CCCC(N)C(=O)O)O[C@H](OC(=O)Oc1ccccc1)n1ccc(NC(=O)Nc2ccccc2)nc1=O. The second kappa shape index (κ2) is 18.5. The number of anilines is 2. The summed E-state index contributed by atoms with van der Waals surface area (Å²) in [6.07, 6.45) is -6.98. The second-order valence-corrected chi connectivity index (χ2v) is 13.8. The molecule has 0 aliphatic rings. The molecule has 2 amide bonds. The molecule has 0 aliphatic carbocycles. The number of urea groups is 1. The largest absolute Gasteiger partial charge is 0.517 e. The van der Waals surface area contributed by atoms with Gasteiger partial charge in [-0.25, -0.2) is 27.8 Å². The minimum atomic E-state index is -5.35. The zero-order valence-corrected chi connectivity index (χ0v) is 28.0. The molecule has 0 aliphatic heterocycles. The van der Waals surface area contributed by atoms with E-state index in [0.717, 1.165) is 19.2 Å². The number of benzene rings is 2. The molecule has 22 heteroatoms. The van der Waals surface area contributed by atoms with Crippen LogP contribution in [0.15, 0.2) is 77.7 Å². The number of carbonyl (C=O) groups is 3. The van der Waals surface area contributed by atoms with E-state index in [-0.39, 0.29) is 24.4 Å². The average Bonchev–Trinajstić information content (AvgIpc) is 3.02. The van der Waals surface area contributed by atoms with Crippen LogP contribution in [0.2, 0.25) is 0 Å². The van der Waals surface area contributed by atoms with Gasteiger partial charge in [0.05, 0.1) is 18.9 Å². The maximum Gasteiger partial charge on any atom is 0.517 e. The van der Waals surface area contributed by atoms with E-state index < -0.39 is 76.7 Å². The highest BCUT2D eigenvalue weighted by molar-refractivity contribution is 7.64. The lowest BCUT2D eigenvalue weighted by Gasteiger charge is -2.27. The molecule has 0 bridgehead atoms. The van der Waals surface area contributed by atoms with Crippen LogP contribution in [0.4, 0.5) is 21.1 Å². The van der Waals surface area contributed by atoms with Crippen LogP contribution in [-0.2, 0) is 32.2 Å². The van der Waals surface area contributed by atoms with Gasteiger partial charge in [0.2, 0.25) is 0 Å². The summed E-state index contributed by atoms with van der Waals surface area (Å²) in [5.41, 5.74) is 4.63. The van der Waals surface area contributed by atoms with Crippen LogP contribution in [-0.4, -0.2) is 78.7 Å². The lowest BCUT2D eigenvalue weighted by molar-refractivity contribution is -0.216. The second-order valence-electron chi connectivity index (χ2n) is 10.2. The van der Waals surface area contributed by atoms with E-state index in [1.807, 2.05) is 0 Å². The number of amides is 2. The Hall–Kier alpha value is -4.49. The normalized spacial score (nSPS) is 16.0. The molecule has 1 heterocycles. The van der Waals surface area contributed by atoms with Crippen molar-refractivity contribution in [2.45, 2.75) is 44.4 Å². The van der Waals surface area contributed by atoms with Gasteiger partial charge in [0.25, 0.3) is 6.41 Å². The molecule has 1 aromatic heterocycles. The Morgan fingerprint density at radius 1 is 1.00 bits per heavy atom. The average molecular weight is 744 g/mol. The predicted molar refractivity (Wildman–Crippen MR) is 173 cm³/mol. The van der Waals surface area contributed by atoms with Crippen molar-refractivity contribution in [2.24, 2.45) is 5.73 Å². The fraction of sp³-hybridized carbons (Fsp3) is 0.321. The Bertz CT molecular complexity index is 1750. The first-order chi connectivity index (χ1) is 23.5. The third-order valence-electron chi connectivity index (χ3n) is 6.21. The maximum atomic E-state index is 13.0. The van der Waals surface area contributed by atoms with Gasteiger partial charge in [0.1, 0.15) is 23.7 Å². The Labute approximate surface area is 283 Å². The van der Waals surface area contributed by atoms with Crippen molar-refractivity contribution in [1.29, 1.82) is 0 Å². The van der Waals surface area contributed by atoms with Gasteiger partial charge in [-0.05, 0) is 50.1 Å². The Kier molecular flexibility index (Phi) is 14.8. The number of para-hydroxylation sites is 2. The quantitative estimate of drug-likeness (QED) is 0.0426. The van der Waals surface area contributed by atoms with Crippen LogP contribution in [0, 0.1) is 0 Å². The van der Waals surface area contributed by atoms with Gasteiger partial charge in [0, 0.05) is 11.9 Å². The zero-order valence-electron chi connectivity index (χ0n) is 26.2. The first-order valence-corrected chi connectivity index (χ1v) is 17.8. The van der Waals surface area contributed by atoms with Crippen molar-refractivity contribution in [1.82, 2.24) is 9.55 Å². The third kappa shape index (κ3) is 13.8. The predicted octanol–water partition coefficient (Wildman–Crippen LogP) is 2.84. The molecule has 0 spiro atoms. The van der Waals surface area contributed by atoms with Crippen molar-refractivity contribution >= 4 is 45.1 Å². The number of nitrogens with one attached hydrogen (secondary N) is 2. The van der Waals surface area contributed by atoms with Crippen LogP contribution in [0.1, 0.15) is 26.2 Å². The fourth-order valence-electron chi connectivity index (χ4n) is 3.75. The Balaban J connectivity index is 1.75. The molecule has 20 nitrogen and oxygen atoms in total. The van der Waals surface area contributed by atoms with Gasteiger partial charge in [-0.3, -0.25) is 19.2 Å². The first kappa shape index (κ1) is 39.9. The number of rotatable bonds is 18. The monoisotopic (exact) mass is 743 g/mol. The van der Waals surface area contributed by atoms with Crippen LogP contribution >= 0.6 is 15.4 Å². The topological polar surface area (TPSA) is 297 Å². The molecule has 0 saturated heterocycles. The molecular formula is C28H35N5O15P2. The van der Waals surface area contributed by atoms with Crippen molar-refractivity contribution in [3.63, 3.8) is 0 Å². The summed E-state index contributed by atoms with van der Waals surface area (Å²) in [4.78, 5) is 72.7. The number of carbonyl (C=O) groups excluding carboxylic acids is 2. The maximum absolute atomic E-state index is 13.0. The van der Waals surface area contributed by atoms with E-state index in [2.05, 4.69) is 19.9 Å². The Morgan fingerprint density at radius 3 is 2.24 bits per heavy atom. The number of phosphoric ester groups is 1. The summed E-state index contributed by atoms with van der Waals surface area (Å²) in [6.45, 7) is 0.100. The third-order valence-corrected chi connectivity index (χ3v) is 9.41. The molecule has 6 atom stereocenters. The number of phosphoric acid groups is 1. The molecule has 0 radical (unpaired) electrons. The number of carboxylic acids is 1. The van der Waals surface area contributed by atoms with Gasteiger partial charge in [-0.15, -0.1) is 0 Å². The molecule has 272 valence electrons. The molecule has 3 aromatic rings. The van der Waals surface area contributed by atoms with Crippen LogP contribution in [0.5, 0.6) is 5.75 Å².